The minimum Gasteiger partial charge on any atom is -0.352 e. The van der Waals surface area contributed by atoms with Crippen LogP contribution in [0.4, 0.5) is 0 Å². The van der Waals surface area contributed by atoms with Crippen molar-refractivity contribution in [1.29, 1.82) is 0 Å². The van der Waals surface area contributed by atoms with Crippen LogP contribution in [0, 0.1) is 11.8 Å². The maximum absolute atomic E-state index is 13.6. The van der Waals surface area contributed by atoms with Gasteiger partial charge >= 0.3 is 0 Å². The van der Waals surface area contributed by atoms with E-state index in [4.69, 9.17) is 23.2 Å². The molecule has 2 fully saturated rings. The molecule has 0 aromatic heterocycles. The second kappa shape index (κ2) is 12.4. The fourth-order valence-corrected chi connectivity index (χ4v) is 6.21. The van der Waals surface area contributed by atoms with Crippen molar-refractivity contribution >= 4 is 46.8 Å². The van der Waals surface area contributed by atoms with Gasteiger partial charge in [-0.1, -0.05) is 67.6 Å². The summed E-state index contributed by atoms with van der Waals surface area (Å²) in [6.07, 6.45) is 10.6. The van der Waals surface area contributed by atoms with E-state index >= 15 is 0 Å². The SMILES string of the molecule is CCC(C(=O)NC1CCCCC1)N(Cc1ccc(Cl)cc1Cl)C(=O)CCN1C(=O)[C@H]2CC=CC[C@H]2C1=O. The zero-order chi connectivity index (χ0) is 26.5. The maximum Gasteiger partial charge on any atom is 0.243 e. The third kappa shape index (κ3) is 6.37. The number of nitrogens with one attached hydrogen (secondary N) is 1. The van der Waals surface area contributed by atoms with E-state index in [-0.39, 0.29) is 61.0 Å². The molecule has 4 amide bonds. The van der Waals surface area contributed by atoms with Gasteiger partial charge < -0.3 is 10.2 Å². The Bertz CT molecular complexity index is 1040. The van der Waals surface area contributed by atoms with Gasteiger partial charge in [0, 0.05) is 35.6 Å². The Morgan fingerprint density at radius 2 is 1.70 bits per heavy atom. The molecule has 1 unspecified atom stereocenters. The number of carbonyl (C=O) groups is 4. The van der Waals surface area contributed by atoms with Crippen LogP contribution < -0.4 is 5.32 Å². The zero-order valence-electron chi connectivity index (χ0n) is 21.3. The topological polar surface area (TPSA) is 86.8 Å². The molecule has 4 rings (SSSR count). The molecule has 7 nitrogen and oxygen atoms in total. The van der Waals surface area contributed by atoms with Crippen molar-refractivity contribution in [3.63, 3.8) is 0 Å². The number of allylic oxidation sites excluding steroid dienone is 2. The number of imide groups is 1. The van der Waals surface area contributed by atoms with Gasteiger partial charge in [0.05, 0.1) is 11.8 Å². The van der Waals surface area contributed by atoms with Crippen LogP contribution in [0.1, 0.15) is 70.3 Å². The third-order valence-electron chi connectivity index (χ3n) is 7.84. The predicted molar refractivity (Wildman–Crippen MR) is 143 cm³/mol. The first-order valence-electron chi connectivity index (χ1n) is 13.3. The highest BCUT2D eigenvalue weighted by molar-refractivity contribution is 6.35. The number of hydrogen-bond acceptors (Lipinski definition) is 4. The van der Waals surface area contributed by atoms with Crippen molar-refractivity contribution in [2.24, 2.45) is 11.8 Å². The van der Waals surface area contributed by atoms with Crippen molar-refractivity contribution < 1.29 is 19.2 Å². The molecule has 200 valence electrons. The smallest absolute Gasteiger partial charge is 0.243 e. The molecule has 2 aliphatic carbocycles. The zero-order valence-corrected chi connectivity index (χ0v) is 22.8. The monoisotopic (exact) mass is 547 g/mol. The third-order valence-corrected chi connectivity index (χ3v) is 8.43. The van der Waals surface area contributed by atoms with E-state index in [0.717, 1.165) is 25.7 Å². The molecule has 1 aromatic rings. The van der Waals surface area contributed by atoms with Gasteiger partial charge in [-0.3, -0.25) is 24.1 Å². The van der Waals surface area contributed by atoms with E-state index < -0.39 is 6.04 Å². The van der Waals surface area contributed by atoms with Gasteiger partial charge in [-0.2, -0.15) is 0 Å². The summed E-state index contributed by atoms with van der Waals surface area (Å²) in [4.78, 5) is 55.5. The summed E-state index contributed by atoms with van der Waals surface area (Å²) in [6, 6.07) is 4.48. The molecule has 3 aliphatic rings. The lowest BCUT2D eigenvalue weighted by atomic mass is 9.85. The molecule has 3 atom stereocenters. The van der Waals surface area contributed by atoms with Gasteiger partial charge in [0.15, 0.2) is 0 Å². The second-order valence-corrected chi connectivity index (χ2v) is 11.1. The molecule has 37 heavy (non-hydrogen) atoms. The first-order chi connectivity index (χ1) is 17.8. The summed E-state index contributed by atoms with van der Waals surface area (Å²) in [7, 11) is 0. The van der Waals surface area contributed by atoms with Gasteiger partial charge in [-0.15, -0.1) is 0 Å². The molecule has 0 radical (unpaired) electrons. The van der Waals surface area contributed by atoms with Gasteiger partial charge in [0.25, 0.3) is 0 Å². The van der Waals surface area contributed by atoms with E-state index in [0.29, 0.717) is 34.9 Å². The predicted octanol–water partition coefficient (Wildman–Crippen LogP) is 4.89. The first-order valence-corrected chi connectivity index (χ1v) is 14.1. The fourth-order valence-electron chi connectivity index (χ4n) is 5.74. The summed E-state index contributed by atoms with van der Waals surface area (Å²) in [5.41, 5.74) is 0.675. The molecule has 9 heteroatoms. The van der Waals surface area contributed by atoms with Crippen LogP contribution in [0.5, 0.6) is 0 Å². The molecule has 1 aliphatic heterocycles. The number of benzene rings is 1. The number of halogens is 2. The summed E-state index contributed by atoms with van der Waals surface area (Å²) >= 11 is 12.5. The summed E-state index contributed by atoms with van der Waals surface area (Å²) in [5, 5.41) is 4.04. The van der Waals surface area contributed by atoms with Gasteiger partial charge in [0.2, 0.25) is 23.6 Å². The van der Waals surface area contributed by atoms with Crippen LogP contribution in [-0.4, -0.2) is 52.1 Å². The molecule has 1 N–H and O–H groups in total. The Kier molecular flexibility index (Phi) is 9.30. The largest absolute Gasteiger partial charge is 0.352 e. The van der Waals surface area contributed by atoms with Crippen LogP contribution in [-0.2, 0) is 25.7 Å². The van der Waals surface area contributed by atoms with E-state index in [2.05, 4.69) is 5.32 Å². The van der Waals surface area contributed by atoms with Crippen molar-refractivity contribution in [3.05, 3.63) is 46.0 Å². The number of nitrogens with zero attached hydrogens (tertiary/aromatic N) is 2. The van der Waals surface area contributed by atoms with Crippen LogP contribution in [0.3, 0.4) is 0 Å². The number of fused-ring (bicyclic) bond motifs is 1. The Morgan fingerprint density at radius 1 is 1.05 bits per heavy atom. The Labute approximate surface area is 228 Å². The first kappa shape index (κ1) is 27.6. The van der Waals surface area contributed by atoms with Crippen LogP contribution >= 0.6 is 23.2 Å². The molecule has 1 saturated heterocycles. The Hall–Kier alpha value is -2.38. The van der Waals surface area contributed by atoms with Crippen molar-refractivity contribution in [2.75, 3.05) is 6.54 Å². The normalized spacial score (nSPS) is 22.6. The number of likely N-dealkylation sites (tertiary alicyclic amines) is 1. The van der Waals surface area contributed by atoms with Gasteiger partial charge in [0.1, 0.15) is 6.04 Å². The fraction of sp³-hybridized carbons (Fsp3) is 0.571. The minimum absolute atomic E-state index is 0.00896. The highest BCUT2D eigenvalue weighted by Crippen LogP contribution is 2.35. The molecular formula is C28H35Cl2N3O4. The van der Waals surface area contributed by atoms with Gasteiger partial charge in [-0.25, -0.2) is 0 Å². The van der Waals surface area contributed by atoms with Crippen LogP contribution in [0.25, 0.3) is 0 Å². The lowest BCUT2D eigenvalue weighted by Gasteiger charge is -2.33. The van der Waals surface area contributed by atoms with E-state index in [1.807, 2.05) is 19.1 Å². The lowest BCUT2D eigenvalue weighted by molar-refractivity contribution is -0.144. The Balaban J connectivity index is 1.50. The van der Waals surface area contributed by atoms with Crippen molar-refractivity contribution in [2.45, 2.75) is 83.3 Å². The van der Waals surface area contributed by atoms with E-state index in [9.17, 15) is 19.2 Å². The molecule has 0 spiro atoms. The minimum atomic E-state index is -0.696. The second-order valence-electron chi connectivity index (χ2n) is 10.3. The number of hydrogen-bond donors (Lipinski definition) is 1. The molecule has 1 heterocycles. The average Bonchev–Trinajstić information content (AvgIpc) is 3.13. The summed E-state index contributed by atoms with van der Waals surface area (Å²) < 4.78 is 0. The average molecular weight is 549 g/mol. The summed E-state index contributed by atoms with van der Waals surface area (Å²) in [6.45, 7) is 2.01. The molecule has 1 aromatic carbocycles. The standard InChI is InChI=1S/C28H35Cl2N3O4/c1-2-24(26(35)31-20-8-4-3-5-9-20)33(17-18-12-13-19(29)16-23(18)30)25(34)14-15-32-27(36)21-10-6-7-11-22(21)28(32)37/h6-7,12-13,16,20-22,24H,2-5,8-11,14-15,17H2,1H3,(H,31,35)/t21-,22+,24?. The summed E-state index contributed by atoms with van der Waals surface area (Å²) in [5.74, 6) is -1.56. The molecule has 0 bridgehead atoms. The van der Waals surface area contributed by atoms with Gasteiger partial charge in [-0.05, 0) is 49.8 Å². The number of rotatable bonds is 9. The van der Waals surface area contributed by atoms with Crippen molar-refractivity contribution in [3.8, 4) is 0 Å². The molecule has 1 saturated carbocycles. The lowest BCUT2D eigenvalue weighted by Crippen LogP contribution is -2.52. The highest BCUT2D eigenvalue weighted by Gasteiger charge is 2.47. The van der Waals surface area contributed by atoms with Crippen molar-refractivity contribution in [1.82, 2.24) is 15.1 Å². The Morgan fingerprint density at radius 3 is 2.30 bits per heavy atom. The van der Waals surface area contributed by atoms with Crippen LogP contribution in [0.2, 0.25) is 10.0 Å². The highest BCUT2D eigenvalue weighted by atomic mass is 35.5. The van der Waals surface area contributed by atoms with E-state index in [1.54, 1.807) is 18.2 Å². The number of carbonyl (C=O) groups excluding carboxylic acids is 4. The maximum atomic E-state index is 13.6. The number of amides is 4. The van der Waals surface area contributed by atoms with E-state index in [1.165, 1.54) is 16.2 Å². The quantitative estimate of drug-likeness (QED) is 0.352. The molecular weight excluding hydrogens is 513 g/mol. The van der Waals surface area contributed by atoms with Crippen LogP contribution in [0.15, 0.2) is 30.4 Å².